The maximum Gasteiger partial charge on any atom is 0.0698 e. The lowest BCUT2D eigenvalue weighted by Crippen LogP contribution is -2.06. The van der Waals surface area contributed by atoms with Gasteiger partial charge in [-0.1, -0.05) is 42.4 Å². The van der Waals surface area contributed by atoms with Gasteiger partial charge >= 0.3 is 0 Å². The molecular formula is C8H18O2S2. The van der Waals surface area contributed by atoms with Crippen LogP contribution >= 0.6 is 21.6 Å². The van der Waals surface area contributed by atoms with Crippen molar-refractivity contribution in [3.63, 3.8) is 0 Å². The Morgan fingerprint density at radius 2 is 1.92 bits per heavy atom. The Balaban J connectivity index is 3.01. The molecule has 0 saturated carbocycles. The zero-order valence-electron chi connectivity index (χ0n) is 8.00. The SMILES string of the molecule is CC(C)(C)SSCCOCCO. The fraction of sp³-hybridized carbons (Fsp3) is 1.00. The first kappa shape index (κ1) is 12.6. The summed E-state index contributed by atoms with van der Waals surface area (Å²) in [7, 11) is 3.69. The normalized spacial score (nSPS) is 12.0. The predicted octanol–water partition coefficient (Wildman–Crippen LogP) is 2.18. The van der Waals surface area contributed by atoms with E-state index in [-0.39, 0.29) is 6.61 Å². The first-order valence-electron chi connectivity index (χ1n) is 4.05. The van der Waals surface area contributed by atoms with Crippen molar-refractivity contribution in [3.8, 4) is 0 Å². The molecule has 0 amide bonds. The average Bonchev–Trinajstić information content (AvgIpc) is 1.94. The maximum atomic E-state index is 8.42. The first-order chi connectivity index (χ1) is 5.56. The van der Waals surface area contributed by atoms with E-state index in [9.17, 15) is 0 Å². The van der Waals surface area contributed by atoms with E-state index < -0.39 is 0 Å². The van der Waals surface area contributed by atoms with Crippen LogP contribution in [0.1, 0.15) is 20.8 Å². The second-order valence-corrected chi connectivity index (χ2v) is 6.60. The highest BCUT2D eigenvalue weighted by atomic mass is 33.1. The highest BCUT2D eigenvalue weighted by Gasteiger charge is 2.09. The van der Waals surface area contributed by atoms with E-state index in [0.717, 1.165) is 12.4 Å². The molecule has 0 aliphatic carbocycles. The van der Waals surface area contributed by atoms with Crippen LogP contribution < -0.4 is 0 Å². The van der Waals surface area contributed by atoms with Crippen LogP contribution in [0.2, 0.25) is 0 Å². The molecule has 0 aliphatic rings. The Labute approximate surface area is 82.8 Å². The first-order valence-corrected chi connectivity index (χ1v) is 6.37. The van der Waals surface area contributed by atoms with E-state index >= 15 is 0 Å². The summed E-state index contributed by atoms with van der Waals surface area (Å²) in [5, 5.41) is 8.42. The van der Waals surface area contributed by atoms with E-state index in [4.69, 9.17) is 9.84 Å². The third-order valence-corrected chi connectivity index (χ3v) is 4.16. The van der Waals surface area contributed by atoms with Crippen LogP contribution in [0, 0.1) is 0 Å². The van der Waals surface area contributed by atoms with Gasteiger partial charge in [-0.25, -0.2) is 0 Å². The Kier molecular flexibility index (Phi) is 7.43. The molecule has 0 aromatic carbocycles. The largest absolute Gasteiger partial charge is 0.394 e. The minimum Gasteiger partial charge on any atom is -0.394 e. The molecular weight excluding hydrogens is 192 g/mol. The van der Waals surface area contributed by atoms with Crippen molar-refractivity contribution < 1.29 is 9.84 Å². The lowest BCUT2D eigenvalue weighted by molar-refractivity contribution is 0.103. The average molecular weight is 210 g/mol. The molecule has 12 heavy (non-hydrogen) atoms. The minimum atomic E-state index is 0.122. The molecule has 0 aliphatic heterocycles. The Bertz CT molecular complexity index is 102. The van der Waals surface area contributed by atoms with Gasteiger partial charge in [-0.2, -0.15) is 0 Å². The van der Waals surface area contributed by atoms with Gasteiger partial charge in [0.25, 0.3) is 0 Å². The number of aliphatic hydroxyl groups is 1. The zero-order chi connectivity index (χ0) is 9.45. The molecule has 0 aromatic rings. The fourth-order valence-electron chi connectivity index (χ4n) is 0.478. The molecule has 0 heterocycles. The highest BCUT2D eigenvalue weighted by molar-refractivity contribution is 8.77. The molecule has 0 aromatic heterocycles. The van der Waals surface area contributed by atoms with Crippen molar-refractivity contribution in [1.82, 2.24) is 0 Å². The molecule has 0 bridgehead atoms. The van der Waals surface area contributed by atoms with E-state index in [1.165, 1.54) is 0 Å². The van der Waals surface area contributed by atoms with E-state index in [1.807, 2.05) is 21.6 Å². The predicted molar refractivity (Wildman–Crippen MR) is 57.7 cm³/mol. The smallest absolute Gasteiger partial charge is 0.0698 e. The summed E-state index contributed by atoms with van der Waals surface area (Å²) < 4.78 is 5.43. The van der Waals surface area contributed by atoms with Crippen LogP contribution in [0.3, 0.4) is 0 Å². The van der Waals surface area contributed by atoms with Crippen molar-refractivity contribution in [2.75, 3.05) is 25.6 Å². The molecule has 0 fully saturated rings. The van der Waals surface area contributed by atoms with Crippen molar-refractivity contribution in [3.05, 3.63) is 0 Å². The van der Waals surface area contributed by atoms with Crippen LogP contribution in [0.4, 0.5) is 0 Å². The van der Waals surface area contributed by atoms with Crippen LogP contribution in [0.15, 0.2) is 0 Å². The van der Waals surface area contributed by atoms with Crippen molar-refractivity contribution >= 4 is 21.6 Å². The topological polar surface area (TPSA) is 29.5 Å². The van der Waals surface area contributed by atoms with E-state index in [1.54, 1.807) is 0 Å². The summed E-state index contributed by atoms with van der Waals surface area (Å²) in [6.45, 7) is 7.89. The highest BCUT2D eigenvalue weighted by Crippen LogP contribution is 2.34. The van der Waals surface area contributed by atoms with E-state index in [0.29, 0.717) is 11.4 Å². The molecule has 4 heteroatoms. The number of hydrogen-bond donors (Lipinski definition) is 1. The van der Waals surface area contributed by atoms with Crippen LogP contribution in [0.25, 0.3) is 0 Å². The molecule has 0 saturated heterocycles. The molecule has 0 radical (unpaired) electrons. The van der Waals surface area contributed by atoms with Gasteiger partial charge in [-0.05, 0) is 0 Å². The van der Waals surface area contributed by atoms with Crippen LogP contribution in [0.5, 0.6) is 0 Å². The minimum absolute atomic E-state index is 0.122. The molecule has 2 nitrogen and oxygen atoms in total. The zero-order valence-corrected chi connectivity index (χ0v) is 9.63. The molecule has 74 valence electrons. The number of aliphatic hydroxyl groups excluding tert-OH is 1. The molecule has 0 rings (SSSR count). The third-order valence-electron chi connectivity index (χ3n) is 0.856. The fourth-order valence-corrected chi connectivity index (χ4v) is 2.62. The van der Waals surface area contributed by atoms with Crippen molar-refractivity contribution in [2.24, 2.45) is 0 Å². The lowest BCUT2D eigenvalue weighted by Gasteiger charge is -2.15. The quantitative estimate of drug-likeness (QED) is 0.537. The van der Waals surface area contributed by atoms with E-state index in [2.05, 4.69) is 20.8 Å². The Morgan fingerprint density at radius 3 is 2.42 bits per heavy atom. The standard InChI is InChI=1S/C8H18O2S2/c1-8(2,3)12-11-7-6-10-5-4-9/h9H,4-7H2,1-3H3. The van der Waals surface area contributed by atoms with Gasteiger partial charge in [0.15, 0.2) is 0 Å². The molecule has 0 atom stereocenters. The monoisotopic (exact) mass is 210 g/mol. The number of hydrogen-bond acceptors (Lipinski definition) is 4. The van der Waals surface area contributed by atoms with Crippen LogP contribution in [-0.2, 0) is 4.74 Å². The molecule has 0 unspecified atom stereocenters. The summed E-state index contributed by atoms with van der Waals surface area (Å²) >= 11 is 0. The van der Waals surface area contributed by atoms with Gasteiger partial charge in [0.2, 0.25) is 0 Å². The summed E-state index contributed by atoms with van der Waals surface area (Å²) in [6, 6.07) is 0. The summed E-state index contributed by atoms with van der Waals surface area (Å²) in [6.07, 6.45) is 0. The van der Waals surface area contributed by atoms with Gasteiger partial charge in [-0.15, -0.1) is 0 Å². The number of ether oxygens (including phenoxy) is 1. The summed E-state index contributed by atoms with van der Waals surface area (Å²) in [5.74, 6) is 0.988. The number of rotatable bonds is 6. The second-order valence-electron chi connectivity index (χ2n) is 3.35. The molecule has 0 spiro atoms. The van der Waals surface area contributed by atoms with Gasteiger partial charge in [0.1, 0.15) is 0 Å². The third kappa shape index (κ3) is 10.6. The van der Waals surface area contributed by atoms with Gasteiger partial charge in [-0.3, -0.25) is 0 Å². The van der Waals surface area contributed by atoms with Gasteiger partial charge in [0.05, 0.1) is 19.8 Å². The van der Waals surface area contributed by atoms with Crippen molar-refractivity contribution in [1.29, 1.82) is 0 Å². The summed E-state index contributed by atoms with van der Waals surface area (Å²) in [5.41, 5.74) is 0. The lowest BCUT2D eigenvalue weighted by atomic mass is 10.3. The van der Waals surface area contributed by atoms with Gasteiger partial charge < -0.3 is 9.84 Å². The second kappa shape index (κ2) is 7.06. The van der Waals surface area contributed by atoms with Crippen LogP contribution in [-0.4, -0.2) is 35.4 Å². The Morgan fingerprint density at radius 1 is 1.25 bits per heavy atom. The maximum absolute atomic E-state index is 8.42. The van der Waals surface area contributed by atoms with Gasteiger partial charge in [0, 0.05) is 10.5 Å². The summed E-state index contributed by atoms with van der Waals surface area (Å²) in [4.78, 5) is 0. The Hall–Kier alpha value is 0.620. The molecule has 1 N–H and O–H groups in total. The van der Waals surface area contributed by atoms with Crippen molar-refractivity contribution in [2.45, 2.75) is 25.5 Å².